The van der Waals surface area contributed by atoms with Gasteiger partial charge in [-0.2, -0.15) is 4.31 Å². The number of aromatic nitrogens is 1. The molecule has 0 saturated heterocycles. The molecule has 0 bridgehead atoms. The molecule has 3 rings (SSSR count). The van der Waals surface area contributed by atoms with Crippen molar-refractivity contribution in [3.8, 4) is 0 Å². The van der Waals surface area contributed by atoms with Crippen LogP contribution in [0.25, 0.3) is 0 Å². The molecule has 1 heterocycles. The Hall–Kier alpha value is -1.02. The summed E-state index contributed by atoms with van der Waals surface area (Å²) in [5.74, 6) is -0.964. The number of hydrogen-bond acceptors (Lipinski definition) is 4. The van der Waals surface area contributed by atoms with Crippen molar-refractivity contribution in [1.82, 2.24) is 9.29 Å². The number of thiazole rings is 1. The zero-order chi connectivity index (χ0) is 17.5. The molecular formula is C16H18ClFN2O2S2. The normalized spacial score (nSPS) is 18.0. The Bertz CT molecular complexity index is 867. The molecule has 1 aliphatic rings. The van der Waals surface area contributed by atoms with Crippen molar-refractivity contribution in [3.63, 3.8) is 0 Å². The van der Waals surface area contributed by atoms with Crippen molar-refractivity contribution in [2.75, 3.05) is 7.05 Å². The van der Waals surface area contributed by atoms with Crippen LogP contribution in [0.15, 0.2) is 18.2 Å². The fraction of sp³-hybridized carbons (Fsp3) is 0.438. The van der Waals surface area contributed by atoms with Crippen LogP contribution in [0, 0.1) is 12.7 Å². The molecule has 2 aromatic rings. The summed E-state index contributed by atoms with van der Waals surface area (Å²) in [4.78, 5) is 5.51. The maximum Gasteiger partial charge on any atom is 0.218 e. The Balaban J connectivity index is 1.89. The van der Waals surface area contributed by atoms with Gasteiger partial charge in [-0.1, -0.05) is 11.6 Å². The number of halogens is 2. The third-order valence-corrected chi connectivity index (χ3v) is 7.41. The Kier molecular flexibility index (Phi) is 4.97. The van der Waals surface area contributed by atoms with E-state index in [4.69, 9.17) is 11.6 Å². The lowest BCUT2D eigenvalue weighted by molar-refractivity contribution is 0.340. The van der Waals surface area contributed by atoms with E-state index in [-0.39, 0.29) is 11.6 Å². The quantitative estimate of drug-likeness (QED) is 0.792. The summed E-state index contributed by atoms with van der Waals surface area (Å²) in [7, 11) is -2.11. The minimum Gasteiger partial charge on any atom is -0.246 e. The lowest BCUT2D eigenvalue weighted by Crippen LogP contribution is -2.33. The van der Waals surface area contributed by atoms with E-state index >= 15 is 0 Å². The third kappa shape index (κ3) is 3.49. The molecule has 0 amide bonds. The Morgan fingerprint density at radius 3 is 2.96 bits per heavy atom. The molecule has 0 spiro atoms. The van der Waals surface area contributed by atoms with Crippen LogP contribution in [0.4, 0.5) is 4.39 Å². The molecule has 130 valence electrons. The summed E-state index contributed by atoms with van der Waals surface area (Å²) >= 11 is 7.40. The maximum atomic E-state index is 13.9. The van der Waals surface area contributed by atoms with Crippen molar-refractivity contribution in [1.29, 1.82) is 0 Å². The number of benzene rings is 1. The SMILES string of the molecule is Cc1nc2c(s1)[C@@H](N(C)S(=O)(=O)Cc1cc(Cl)ccc1F)CCC2. The van der Waals surface area contributed by atoms with Crippen molar-refractivity contribution in [2.45, 2.75) is 38.0 Å². The van der Waals surface area contributed by atoms with Gasteiger partial charge in [-0.3, -0.25) is 0 Å². The minimum absolute atomic E-state index is 0.0888. The summed E-state index contributed by atoms with van der Waals surface area (Å²) < 4.78 is 40.8. The number of rotatable bonds is 4. The number of sulfonamides is 1. The summed E-state index contributed by atoms with van der Waals surface area (Å²) in [5, 5.41) is 1.26. The lowest BCUT2D eigenvalue weighted by Gasteiger charge is -2.30. The molecule has 4 nitrogen and oxygen atoms in total. The summed E-state index contributed by atoms with van der Waals surface area (Å²) in [6.45, 7) is 1.93. The molecule has 0 radical (unpaired) electrons. The first kappa shape index (κ1) is 17.8. The highest BCUT2D eigenvalue weighted by molar-refractivity contribution is 7.88. The van der Waals surface area contributed by atoms with Gasteiger partial charge in [0.1, 0.15) is 5.82 Å². The molecule has 0 aliphatic heterocycles. The maximum absolute atomic E-state index is 13.9. The molecule has 1 atom stereocenters. The van der Waals surface area contributed by atoms with Gasteiger partial charge in [0.25, 0.3) is 0 Å². The molecule has 1 aromatic carbocycles. The fourth-order valence-electron chi connectivity index (χ4n) is 3.01. The minimum atomic E-state index is -3.67. The van der Waals surface area contributed by atoms with Crippen LogP contribution in [0.2, 0.25) is 5.02 Å². The van der Waals surface area contributed by atoms with Crippen LogP contribution in [0.3, 0.4) is 0 Å². The summed E-state index contributed by atoms with van der Waals surface area (Å²) in [6.07, 6.45) is 2.53. The molecule has 24 heavy (non-hydrogen) atoms. The highest BCUT2D eigenvalue weighted by Gasteiger charge is 2.33. The van der Waals surface area contributed by atoms with Crippen LogP contribution >= 0.6 is 22.9 Å². The van der Waals surface area contributed by atoms with E-state index in [9.17, 15) is 12.8 Å². The van der Waals surface area contributed by atoms with E-state index in [2.05, 4.69) is 4.98 Å². The van der Waals surface area contributed by atoms with Gasteiger partial charge in [-0.05, 0) is 44.4 Å². The summed E-state index contributed by atoms with van der Waals surface area (Å²) in [5.41, 5.74) is 1.08. The largest absolute Gasteiger partial charge is 0.246 e. The van der Waals surface area contributed by atoms with E-state index in [1.807, 2.05) is 6.92 Å². The van der Waals surface area contributed by atoms with Gasteiger partial charge < -0.3 is 0 Å². The van der Waals surface area contributed by atoms with E-state index in [0.717, 1.165) is 34.8 Å². The molecule has 0 N–H and O–H groups in total. The van der Waals surface area contributed by atoms with Crippen LogP contribution in [0.1, 0.15) is 40.0 Å². The molecule has 1 aliphatic carbocycles. The zero-order valence-electron chi connectivity index (χ0n) is 13.4. The number of hydrogen-bond donors (Lipinski definition) is 0. The number of nitrogens with zero attached hydrogens (tertiary/aromatic N) is 2. The van der Waals surface area contributed by atoms with E-state index in [1.54, 1.807) is 18.4 Å². The fourth-order valence-corrected chi connectivity index (χ4v) is 5.84. The molecule has 1 aromatic heterocycles. The molecular weight excluding hydrogens is 371 g/mol. The third-order valence-electron chi connectivity index (χ3n) is 4.25. The van der Waals surface area contributed by atoms with Gasteiger partial charge in [-0.15, -0.1) is 11.3 Å². The van der Waals surface area contributed by atoms with Gasteiger partial charge in [0, 0.05) is 22.5 Å². The Labute approximate surface area is 150 Å². The van der Waals surface area contributed by atoms with Crippen molar-refractivity contribution in [3.05, 3.63) is 50.2 Å². The van der Waals surface area contributed by atoms with Crippen LogP contribution in [-0.4, -0.2) is 24.8 Å². The second-order valence-corrected chi connectivity index (χ2v) is 9.66. The van der Waals surface area contributed by atoms with Gasteiger partial charge >= 0.3 is 0 Å². The van der Waals surface area contributed by atoms with E-state index in [0.29, 0.717) is 5.02 Å². The van der Waals surface area contributed by atoms with Crippen molar-refractivity contribution < 1.29 is 12.8 Å². The molecule has 0 saturated carbocycles. The van der Waals surface area contributed by atoms with Crippen molar-refractivity contribution in [2.24, 2.45) is 0 Å². The highest BCUT2D eigenvalue weighted by Crippen LogP contribution is 2.39. The molecule has 0 unspecified atom stereocenters. The number of aryl methyl sites for hydroxylation is 2. The van der Waals surface area contributed by atoms with Crippen molar-refractivity contribution >= 4 is 33.0 Å². The average molecular weight is 389 g/mol. The van der Waals surface area contributed by atoms with Gasteiger partial charge in [0.15, 0.2) is 0 Å². The van der Waals surface area contributed by atoms with Gasteiger partial charge in [0.2, 0.25) is 10.0 Å². The summed E-state index contributed by atoms with van der Waals surface area (Å²) in [6, 6.07) is 3.74. The Morgan fingerprint density at radius 2 is 2.21 bits per heavy atom. The second kappa shape index (κ2) is 6.71. The smallest absolute Gasteiger partial charge is 0.218 e. The zero-order valence-corrected chi connectivity index (χ0v) is 15.8. The first-order valence-electron chi connectivity index (χ1n) is 7.64. The van der Waals surface area contributed by atoms with Crippen LogP contribution in [-0.2, 0) is 22.2 Å². The average Bonchev–Trinajstić information content (AvgIpc) is 2.90. The first-order valence-corrected chi connectivity index (χ1v) is 10.4. The second-order valence-electron chi connectivity index (χ2n) is 5.96. The number of fused-ring (bicyclic) bond motifs is 1. The highest BCUT2D eigenvalue weighted by atomic mass is 35.5. The molecule has 0 fully saturated rings. The predicted molar refractivity (Wildman–Crippen MR) is 94.3 cm³/mol. The topological polar surface area (TPSA) is 50.3 Å². The molecule has 8 heteroatoms. The van der Waals surface area contributed by atoms with E-state index in [1.165, 1.54) is 22.5 Å². The first-order chi connectivity index (χ1) is 11.3. The lowest BCUT2D eigenvalue weighted by atomic mass is 9.98. The Morgan fingerprint density at radius 1 is 1.46 bits per heavy atom. The van der Waals surface area contributed by atoms with E-state index < -0.39 is 21.6 Å². The predicted octanol–water partition coefficient (Wildman–Crippen LogP) is 4.08. The van der Waals surface area contributed by atoms with Crippen LogP contribution < -0.4 is 0 Å². The monoisotopic (exact) mass is 388 g/mol. The van der Waals surface area contributed by atoms with Crippen LogP contribution in [0.5, 0.6) is 0 Å². The van der Waals surface area contributed by atoms with Gasteiger partial charge in [0.05, 0.1) is 22.5 Å². The standard InChI is InChI=1S/C16H18ClFN2O2S2/c1-10-19-14-4-3-5-15(16(14)23-10)20(2)24(21,22)9-11-8-12(17)6-7-13(11)18/h6-8,15H,3-5,9H2,1-2H3/t15-/m0/s1. The van der Waals surface area contributed by atoms with Gasteiger partial charge in [-0.25, -0.2) is 17.8 Å².